The maximum atomic E-state index is 6.51. The average molecular weight is 400 g/mol. The Morgan fingerprint density at radius 2 is 1.83 bits per heavy atom. The summed E-state index contributed by atoms with van der Waals surface area (Å²) in [5, 5.41) is 0. The molecule has 0 unspecified atom stereocenters. The molecule has 1 saturated heterocycles. The number of likely N-dealkylation sites (tertiary alicyclic amines) is 1. The fraction of sp³-hybridized carbons (Fsp3) is 0.346. The topological polar surface area (TPSA) is 51.4 Å². The van der Waals surface area contributed by atoms with Gasteiger partial charge in [-0.1, -0.05) is 42.5 Å². The van der Waals surface area contributed by atoms with E-state index in [4.69, 9.17) is 10.5 Å². The van der Waals surface area contributed by atoms with Crippen molar-refractivity contribution in [2.24, 2.45) is 0 Å². The van der Waals surface area contributed by atoms with Gasteiger partial charge in [-0.3, -0.25) is 4.90 Å². The number of piperidine rings is 1. The van der Waals surface area contributed by atoms with Gasteiger partial charge in [0, 0.05) is 43.1 Å². The lowest BCUT2D eigenvalue weighted by Crippen LogP contribution is -2.37. The van der Waals surface area contributed by atoms with Crippen LogP contribution in [0.25, 0.3) is 11.1 Å². The van der Waals surface area contributed by atoms with Crippen LogP contribution in [0.2, 0.25) is 0 Å². The number of nitrogens with zero attached hydrogens (tertiary/aromatic N) is 2. The highest BCUT2D eigenvalue weighted by molar-refractivity contribution is 5.80. The Kier molecular flexibility index (Phi) is 5.41. The van der Waals surface area contributed by atoms with E-state index in [2.05, 4.69) is 52.3 Å². The summed E-state index contributed by atoms with van der Waals surface area (Å²) in [6, 6.07) is 19.1. The van der Waals surface area contributed by atoms with Crippen molar-refractivity contribution < 1.29 is 4.74 Å². The zero-order valence-electron chi connectivity index (χ0n) is 17.4. The Hall–Kier alpha value is -2.85. The van der Waals surface area contributed by atoms with Crippen LogP contribution >= 0.6 is 0 Å². The summed E-state index contributed by atoms with van der Waals surface area (Å²) in [7, 11) is 0. The standard InChI is InChI=1S/C26H29N3O/c27-26-23-8-4-7-20(23)9-10-24(26)21-11-14-28-25(17-21)30-22-12-15-29(16-13-22)18-19-5-2-1-3-6-19/h1-3,5-6,9-11,14,17,22H,4,7-8,12-13,15-16,18,27H2. The number of fused-ring (bicyclic) bond motifs is 1. The van der Waals surface area contributed by atoms with Gasteiger partial charge in [-0.2, -0.15) is 0 Å². The van der Waals surface area contributed by atoms with Crippen LogP contribution in [-0.4, -0.2) is 29.1 Å². The van der Waals surface area contributed by atoms with Crippen molar-refractivity contribution in [3.63, 3.8) is 0 Å². The number of rotatable bonds is 5. The third-order valence-electron chi connectivity index (χ3n) is 6.44. The number of nitrogen functional groups attached to an aromatic ring is 1. The molecule has 1 aliphatic carbocycles. The molecule has 0 atom stereocenters. The molecule has 3 aromatic rings. The molecule has 0 spiro atoms. The zero-order valence-corrected chi connectivity index (χ0v) is 17.4. The summed E-state index contributed by atoms with van der Waals surface area (Å²) >= 11 is 0. The number of aryl methyl sites for hydroxylation is 1. The lowest BCUT2D eigenvalue weighted by Gasteiger charge is -2.32. The van der Waals surface area contributed by atoms with E-state index in [1.807, 2.05) is 18.3 Å². The van der Waals surface area contributed by atoms with Crippen molar-refractivity contribution in [1.29, 1.82) is 0 Å². The first-order chi connectivity index (χ1) is 14.8. The monoisotopic (exact) mass is 399 g/mol. The molecule has 1 aromatic heterocycles. The van der Waals surface area contributed by atoms with E-state index in [-0.39, 0.29) is 6.10 Å². The number of benzene rings is 2. The van der Waals surface area contributed by atoms with Crippen LogP contribution in [-0.2, 0) is 19.4 Å². The Labute approximate surface area is 178 Å². The maximum absolute atomic E-state index is 6.51. The summed E-state index contributed by atoms with van der Waals surface area (Å²) in [6.07, 6.45) is 7.55. The van der Waals surface area contributed by atoms with Crippen LogP contribution in [0.15, 0.2) is 60.8 Å². The third-order valence-corrected chi connectivity index (χ3v) is 6.44. The lowest BCUT2D eigenvalue weighted by atomic mass is 9.98. The second-order valence-electron chi connectivity index (χ2n) is 8.48. The minimum Gasteiger partial charge on any atom is -0.474 e. The van der Waals surface area contributed by atoms with Crippen molar-refractivity contribution in [3.8, 4) is 17.0 Å². The zero-order chi connectivity index (χ0) is 20.3. The van der Waals surface area contributed by atoms with Crippen LogP contribution in [0.4, 0.5) is 5.69 Å². The number of hydrogen-bond acceptors (Lipinski definition) is 4. The van der Waals surface area contributed by atoms with E-state index in [0.29, 0.717) is 5.88 Å². The molecule has 0 amide bonds. The first-order valence-corrected chi connectivity index (χ1v) is 11.1. The minimum atomic E-state index is 0.220. The number of anilines is 1. The first kappa shape index (κ1) is 19.1. The molecule has 0 radical (unpaired) electrons. The van der Waals surface area contributed by atoms with E-state index >= 15 is 0 Å². The van der Waals surface area contributed by atoms with Gasteiger partial charge >= 0.3 is 0 Å². The number of hydrogen-bond donors (Lipinski definition) is 1. The van der Waals surface area contributed by atoms with Gasteiger partial charge in [0.15, 0.2) is 0 Å². The van der Waals surface area contributed by atoms with E-state index < -0.39 is 0 Å². The van der Waals surface area contributed by atoms with Crippen molar-refractivity contribution in [2.45, 2.75) is 44.8 Å². The largest absolute Gasteiger partial charge is 0.474 e. The van der Waals surface area contributed by atoms with Gasteiger partial charge in [-0.15, -0.1) is 0 Å². The van der Waals surface area contributed by atoms with Gasteiger partial charge in [0.2, 0.25) is 5.88 Å². The average Bonchev–Trinajstić information content (AvgIpc) is 3.26. The van der Waals surface area contributed by atoms with E-state index in [0.717, 1.165) is 62.1 Å². The summed E-state index contributed by atoms with van der Waals surface area (Å²) in [5.41, 5.74) is 13.7. The second kappa shape index (κ2) is 8.49. The third kappa shape index (κ3) is 4.05. The predicted molar refractivity (Wildman–Crippen MR) is 121 cm³/mol. The Bertz CT molecular complexity index is 1010. The Balaban J connectivity index is 1.23. The fourth-order valence-corrected chi connectivity index (χ4v) is 4.79. The van der Waals surface area contributed by atoms with Crippen LogP contribution in [0.5, 0.6) is 5.88 Å². The lowest BCUT2D eigenvalue weighted by molar-refractivity contribution is 0.0933. The number of pyridine rings is 1. The Morgan fingerprint density at radius 3 is 2.67 bits per heavy atom. The summed E-state index contributed by atoms with van der Waals surface area (Å²) < 4.78 is 6.27. The number of aromatic nitrogens is 1. The van der Waals surface area contributed by atoms with Crippen LogP contribution in [0.3, 0.4) is 0 Å². The minimum absolute atomic E-state index is 0.220. The molecule has 0 saturated carbocycles. The summed E-state index contributed by atoms with van der Waals surface area (Å²) in [4.78, 5) is 6.98. The van der Waals surface area contributed by atoms with Gasteiger partial charge in [0.05, 0.1) is 0 Å². The first-order valence-electron chi connectivity index (χ1n) is 11.1. The van der Waals surface area contributed by atoms with Crippen molar-refractivity contribution in [3.05, 3.63) is 77.5 Å². The molecule has 0 bridgehead atoms. The van der Waals surface area contributed by atoms with E-state index in [1.165, 1.54) is 23.1 Å². The molecule has 30 heavy (non-hydrogen) atoms. The van der Waals surface area contributed by atoms with Gasteiger partial charge < -0.3 is 10.5 Å². The molecule has 2 N–H and O–H groups in total. The van der Waals surface area contributed by atoms with Crippen molar-refractivity contribution >= 4 is 5.69 Å². The summed E-state index contributed by atoms with van der Waals surface area (Å²) in [5.74, 6) is 0.703. The highest BCUT2D eigenvalue weighted by atomic mass is 16.5. The highest BCUT2D eigenvalue weighted by Gasteiger charge is 2.22. The molecule has 2 aliphatic rings. The highest BCUT2D eigenvalue weighted by Crippen LogP contribution is 2.36. The fourth-order valence-electron chi connectivity index (χ4n) is 4.79. The normalized spacial score (nSPS) is 17.1. The van der Waals surface area contributed by atoms with E-state index in [1.54, 1.807) is 0 Å². The molecule has 4 nitrogen and oxygen atoms in total. The van der Waals surface area contributed by atoms with Crippen LogP contribution < -0.4 is 10.5 Å². The van der Waals surface area contributed by atoms with Crippen molar-refractivity contribution in [1.82, 2.24) is 9.88 Å². The Morgan fingerprint density at radius 1 is 1.00 bits per heavy atom. The van der Waals surface area contributed by atoms with Gasteiger partial charge in [0.25, 0.3) is 0 Å². The maximum Gasteiger partial charge on any atom is 0.214 e. The number of nitrogens with two attached hydrogens (primary N) is 1. The van der Waals surface area contributed by atoms with E-state index in [9.17, 15) is 0 Å². The SMILES string of the molecule is Nc1c(-c2ccnc(OC3CCN(Cc4ccccc4)CC3)c2)ccc2c1CCC2. The summed E-state index contributed by atoms with van der Waals surface area (Å²) in [6.45, 7) is 3.12. The molecule has 1 fully saturated rings. The predicted octanol–water partition coefficient (Wildman–Crippen LogP) is 4.86. The molecule has 1 aliphatic heterocycles. The smallest absolute Gasteiger partial charge is 0.214 e. The molecule has 4 heteroatoms. The van der Waals surface area contributed by atoms with Crippen LogP contribution in [0, 0.1) is 0 Å². The quantitative estimate of drug-likeness (QED) is 0.622. The molecule has 2 aromatic carbocycles. The molecule has 2 heterocycles. The van der Waals surface area contributed by atoms with Crippen LogP contribution in [0.1, 0.15) is 36.0 Å². The second-order valence-corrected chi connectivity index (χ2v) is 8.48. The molecule has 154 valence electrons. The number of ether oxygens (including phenoxy) is 1. The van der Waals surface area contributed by atoms with Gasteiger partial charge in [-0.25, -0.2) is 4.98 Å². The van der Waals surface area contributed by atoms with Gasteiger partial charge in [-0.05, 0) is 60.4 Å². The van der Waals surface area contributed by atoms with Crippen molar-refractivity contribution in [2.75, 3.05) is 18.8 Å². The van der Waals surface area contributed by atoms with Gasteiger partial charge in [0.1, 0.15) is 6.10 Å². The molecule has 5 rings (SSSR count). The molecular weight excluding hydrogens is 370 g/mol. The molecular formula is C26H29N3O.